The van der Waals surface area contributed by atoms with Gasteiger partial charge in [-0.2, -0.15) is 0 Å². The van der Waals surface area contributed by atoms with Gasteiger partial charge in [0.1, 0.15) is 0 Å². The zero-order valence-electron chi connectivity index (χ0n) is 37.9. The van der Waals surface area contributed by atoms with Gasteiger partial charge in [-0.05, 0) is 101 Å². The number of nitrogens with one attached hydrogen (secondary N) is 3. The maximum absolute atomic E-state index is 4.50. The lowest BCUT2D eigenvalue weighted by Crippen LogP contribution is -1.84. The Morgan fingerprint density at radius 1 is 0.422 bits per heavy atom. The van der Waals surface area contributed by atoms with Gasteiger partial charge in [0.15, 0.2) is 0 Å². The molecule has 0 aliphatic carbocycles. The Labute approximate surface area is 396 Å². The van der Waals surface area contributed by atoms with Crippen molar-refractivity contribution in [2.24, 2.45) is 17.6 Å². The molecule has 5 N–H and O–H groups in total. The molecule has 4 aromatic heterocycles. The molecule has 8 rings (SSSR count). The lowest BCUT2D eigenvalue weighted by Gasteiger charge is -2.01. The second-order valence-corrected chi connectivity index (χ2v) is 16.0. The molecule has 4 heterocycles. The molecule has 0 aliphatic heterocycles. The fourth-order valence-corrected chi connectivity index (χ4v) is 5.12. The Morgan fingerprint density at radius 3 is 1.27 bits per heavy atom. The van der Waals surface area contributed by atoms with Gasteiger partial charge in [0.2, 0.25) is 0 Å². The van der Waals surface area contributed by atoms with Crippen molar-refractivity contribution in [3.8, 4) is 0 Å². The quantitative estimate of drug-likeness (QED) is 0.142. The van der Waals surface area contributed by atoms with Gasteiger partial charge in [-0.15, -0.1) is 0 Å². The van der Waals surface area contributed by atoms with E-state index in [0.717, 1.165) is 11.8 Å². The molecule has 0 amide bonds. The monoisotopic (exact) mass is 878 g/mol. The summed E-state index contributed by atoms with van der Waals surface area (Å²) in [5.41, 5.74) is 12.3. The average molecular weight is 878 g/mol. The molecule has 0 radical (unpaired) electrons. The molecule has 5 heteroatoms. The number of para-hydroxylation sites is 3. The number of H-pyrrole nitrogens is 3. The van der Waals surface area contributed by atoms with Crippen molar-refractivity contribution < 1.29 is 0 Å². The zero-order valence-corrected chi connectivity index (χ0v) is 37.9. The largest absolute Gasteiger partial charge is 0.361 e. The number of fused-ring (bicyclic) bond motifs is 3. The minimum atomic E-state index is 0. The molecule has 4 aromatic carbocycles. The van der Waals surface area contributed by atoms with Crippen molar-refractivity contribution in [1.29, 1.82) is 0 Å². The van der Waals surface area contributed by atoms with Crippen LogP contribution in [-0.2, 0) is 0 Å². The fraction of sp³-hybridized carbons (Fsp3) is 0.407. The SMILES string of the molecule is C.C.C.C.C.C.CC(C)C.CC(C)C.CC(C)c1c[nH]c2ccccc12.CC(C)c1cc2ccccc2[nH]1.CC(C)c1ccccc1.CN.c1ccc2[nH]ccc2c1.c1ccncc1. The Kier molecular flexibility index (Phi) is 45.7. The first kappa shape index (κ1) is 70.3. The van der Waals surface area contributed by atoms with Crippen molar-refractivity contribution in [3.63, 3.8) is 0 Å². The first-order valence-electron chi connectivity index (χ1n) is 20.9. The number of pyridine rings is 1. The molecule has 64 heavy (non-hydrogen) atoms. The number of nitrogens with zero attached hydrogens (tertiary/aromatic N) is 1. The van der Waals surface area contributed by atoms with Gasteiger partial charge < -0.3 is 20.7 Å². The highest BCUT2D eigenvalue weighted by Gasteiger charge is 2.05. The van der Waals surface area contributed by atoms with Gasteiger partial charge in [0.05, 0.1) is 0 Å². The topological polar surface area (TPSA) is 86.3 Å². The van der Waals surface area contributed by atoms with Gasteiger partial charge >= 0.3 is 0 Å². The Hall–Kier alpha value is -5.39. The van der Waals surface area contributed by atoms with E-state index in [1.807, 2.05) is 42.6 Å². The van der Waals surface area contributed by atoms with Crippen LogP contribution in [0, 0.1) is 11.8 Å². The standard InChI is InChI=1S/2C11H13N.C9H12.C8H7N.C5H5N.2C4H10.CH5N.6CH4/c1-8(2)10-7-12-11-6-4-3-5-9(10)11;1-8(2)11-7-9-5-3-4-6-10(9)12-11;1-8(2)9-6-4-3-5-7-9;1-2-4-8-7(3-1)5-6-9-8;1-2-4-6-5-3-1;2*1-4(2)3;1-2;;;;;;/h2*3-8,12H,1-2H3;3-8H,1-2H3;1-6,9H;1-5H;2*4H,1-3H3;2H2,1H3;6*1H4. The van der Waals surface area contributed by atoms with Crippen LogP contribution in [0.25, 0.3) is 32.7 Å². The van der Waals surface area contributed by atoms with E-state index in [2.05, 4.69) is 212 Å². The number of hydrogen-bond donors (Lipinski definition) is 4. The number of rotatable bonds is 3. The summed E-state index contributed by atoms with van der Waals surface area (Å²) in [7, 11) is 1.50. The third-order valence-electron chi connectivity index (χ3n) is 7.91. The fourth-order valence-electron chi connectivity index (χ4n) is 5.12. The summed E-state index contributed by atoms with van der Waals surface area (Å²) < 4.78 is 0. The summed E-state index contributed by atoms with van der Waals surface area (Å²) >= 11 is 0. The van der Waals surface area contributed by atoms with Gasteiger partial charge in [-0.3, -0.25) is 4.98 Å². The first-order valence-corrected chi connectivity index (χ1v) is 20.9. The van der Waals surface area contributed by atoms with Gasteiger partial charge in [0, 0.05) is 52.4 Å². The van der Waals surface area contributed by atoms with Crippen LogP contribution in [0.15, 0.2) is 158 Å². The normalized spacial score (nSPS) is 9.05. The predicted molar refractivity (Wildman–Crippen MR) is 299 cm³/mol. The lowest BCUT2D eigenvalue weighted by molar-refractivity contribution is 0.736. The van der Waals surface area contributed by atoms with E-state index >= 15 is 0 Å². The number of hydrogen-bond acceptors (Lipinski definition) is 2. The number of nitrogens with two attached hydrogens (primary N) is 1. The van der Waals surface area contributed by atoms with Crippen LogP contribution >= 0.6 is 0 Å². The maximum atomic E-state index is 4.50. The predicted octanol–water partition coefficient (Wildman–Crippen LogP) is 19.4. The van der Waals surface area contributed by atoms with Gasteiger partial charge in [-0.1, -0.05) is 219 Å². The van der Waals surface area contributed by atoms with E-state index in [0.29, 0.717) is 17.8 Å². The molecule has 8 aromatic rings. The summed E-state index contributed by atoms with van der Waals surface area (Å²) in [5, 5.41) is 3.94. The van der Waals surface area contributed by atoms with Gasteiger partial charge in [0.25, 0.3) is 0 Å². The summed E-state index contributed by atoms with van der Waals surface area (Å²) in [6.45, 7) is 26.2. The van der Waals surface area contributed by atoms with Crippen LogP contribution in [0.3, 0.4) is 0 Å². The van der Waals surface area contributed by atoms with Crippen LogP contribution in [-0.4, -0.2) is 27.0 Å². The number of aromatic amines is 3. The average Bonchev–Trinajstić information content (AvgIpc) is 3.99. The highest BCUT2D eigenvalue weighted by Crippen LogP contribution is 2.24. The molecular weight excluding hydrogens is 779 g/mol. The summed E-state index contributed by atoms with van der Waals surface area (Å²) in [5.74, 6) is 3.50. The van der Waals surface area contributed by atoms with E-state index in [9.17, 15) is 0 Å². The van der Waals surface area contributed by atoms with Crippen molar-refractivity contribution in [3.05, 3.63) is 175 Å². The molecule has 0 aliphatic rings. The molecular formula is C59H99N5. The van der Waals surface area contributed by atoms with E-state index in [-0.39, 0.29) is 44.6 Å². The molecule has 0 saturated heterocycles. The Balaban J connectivity index is -0.000000154. The van der Waals surface area contributed by atoms with E-state index < -0.39 is 0 Å². The minimum absolute atomic E-state index is 0. The highest BCUT2D eigenvalue weighted by molar-refractivity contribution is 5.83. The number of benzene rings is 4. The van der Waals surface area contributed by atoms with Crippen molar-refractivity contribution in [2.75, 3.05) is 7.05 Å². The molecule has 5 nitrogen and oxygen atoms in total. The first-order chi connectivity index (χ1) is 27.8. The third-order valence-corrected chi connectivity index (χ3v) is 7.91. The van der Waals surface area contributed by atoms with Crippen LogP contribution in [0.2, 0.25) is 0 Å². The molecule has 0 atom stereocenters. The second-order valence-electron chi connectivity index (χ2n) is 16.0. The van der Waals surface area contributed by atoms with Crippen LogP contribution in [0.5, 0.6) is 0 Å². The molecule has 360 valence electrons. The Bertz CT molecular complexity index is 2010. The van der Waals surface area contributed by atoms with E-state index in [4.69, 9.17) is 0 Å². The van der Waals surface area contributed by atoms with Crippen LogP contribution in [0.1, 0.15) is 162 Å². The summed E-state index contributed by atoms with van der Waals surface area (Å²) in [4.78, 5) is 13.6. The van der Waals surface area contributed by atoms with Crippen LogP contribution in [0.4, 0.5) is 0 Å². The number of aromatic nitrogens is 4. The van der Waals surface area contributed by atoms with E-state index in [1.165, 1.54) is 56.6 Å². The zero-order chi connectivity index (χ0) is 43.3. The summed E-state index contributed by atoms with van der Waals surface area (Å²) in [6, 6.07) is 45.5. The molecule has 0 fully saturated rings. The van der Waals surface area contributed by atoms with Crippen molar-refractivity contribution >= 4 is 32.7 Å². The highest BCUT2D eigenvalue weighted by atomic mass is 14.7. The molecule has 0 saturated carbocycles. The smallest absolute Gasteiger partial charge is 0.0456 e. The third kappa shape index (κ3) is 29.8. The molecule has 0 spiro atoms. The summed E-state index contributed by atoms with van der Waals surface area (Å²) in [6.07, 6.45) is 7.56. The van der Waals surface area contributed by atoms with Crippen LogP contribution < -0.4 is 5.73 Å². The molecule has 0 bridgehead atoms. The van der Waals surface area contributed by atoms with Gasteiger partial charge in [-0.25, -0.2) is 0 Å². The maximum Gasteiger partial charge on any atom is 0.0456 e. The molecule has 0 unspecified atom stereocenters. The van der Waals surface area contributed by atoms with Crippen molar-refractivity contribution in [2.45, 2.75) is 145 Å². The second kappa shape index (κ2) is 41.6. The van der Waals surface area contributed by atoms with E-state index in [1.54, 1.807) is 12.4 Å². The minimum Gasteiger partial charge on any atom is -0.361 e. The Morgan fingerprint density at radius 2 is 0.859 bits per heavy atom. The lowest BCUT2D eigenvalue weighted by atomic mass is 10.0. The van der Waals surface area contributed by atoms with Crippen molar-refractivity contribution in [1.82, 2.24) is 19.9 Å².